The van der Waals surface area contributed by atoms with Crippen LogP contribution >= 0.6 is 0 Å². The quantitative estimate of drug-likeness (QED) is 0.586. The van der Waals surface area contributed by atoms with Crippen molar-refractivity contribution in [3.05, 3.63) is 66.4 Å². The molecule has 0 aliphatic carbocycles. The van der Waals surface area contributed by atoms with Crippen LogP contribution in [0.2, 0.25) is 0 Å². The minimum atomic E-state index is -4.49. The summed E-state index contributed by atoms with van der Waals surface area (Å²) in [7, 11) is 1.63. The average molecular weight is 386 g/mol. The number of carbonyl (C=O) groups is 1. The molecular formula is C18H13F3N6O. The van der Waals surface area contributed by atoms with Gasteiger partial charge in [0.25, 0.3) is 5.91 Å². The Morgan fingerprint density at radius 1 is 1.18 bits per heavy atom. The molecule has 4 aromatic rings. The molecule has 0 unspecified atom stereocenters. The van der Waals surface area contributed by atoms with Crippen molar-refractivity contribution in [1.82, 2.24) is 24.1 Å². The highest BCUT2D eigenvalue weighted by molar-refractivity contribution is 6.02. The summed E-state index contributed by atoms with van der Waals surface area (Å²) in [4.78, 5) is 20.6. The lowest BCUT2D eigenvalue weighted by molar-refractivity contribution is -0.137. The van der Waals surface area contributed by atoms with Crippen LogP contribution in [0.1, 0.15) is 16.1 Å². The van der Waals surface area contributed by atoms with Gasteiger partial charge in [0, 0.05) is 31.1 Å². The first-order chi connectivity index (χ1) is 13.3. The standard InChI is InChI=1S/C18H13F3N6O/c1-26-14(6-7-23-26)17(28)25-15-8-16-24-13(9-27(16)10-22-15)11-4-2-3-5-12(11)18(19,20)21/h2-10H,1H3,(H,25,28). The van der Waals surface area contributed by atoms with Crippen molar-refractivity contribution < 1.29 is 18.0 Å². The Bertz CT molecular complexity index is 1180. The summed E-state index contributed by atoms with van der Waals surface area (Å²) in [6.45, 7) is 0. The maximum Gasteiger partial charge on any atom is 0.417 e. The number of aryl methyl sites for hydroxylation is 1. The van der Waals surface area contributed by atoms with Crippen molar-refractivity contribution >= 4 is 17.4 Å². The number of alkyl halides is 3. The minimum absolute atomic E-state index is 0.0285. The predicted molar refractivity (Wildman–Crippen MR) is 94.6 cm³/mol. The molecule has 0 atom stereocenters. The van der Waals surface area contributed by atoms with Gasteiger partial charge in [-0.05, 0) is 12.1 Å². The second-order valence-electron chi connectivity index (χ2n) is 6.00. The van der Waals surface area contributed by atoms with Gasteiger partial charge >= 0.3 is 6.18 Å². The Labute approximate surface area is 156 Å². The number of carbonyl (C=O) groups excluding carboxylic acids is 1. The molecule has 28 heavy (non-hydrogen) atoms. The maximum absolute atomic E-state index is 13.3. The number of halogens is 3. The van der Waals surface area contributed by atoms with Crippen molar-refractivity contribution in [2.45, 2.75) is 6.18 Å². The molecule has 0 fully saturated rings. The van der Waals surface area contributed by atoms with E-state index in [1.165, 1.54) is 52.1 Å². The molecule has 142 valence electrons. The first-order valence-corrected chi connectivity index (χ1v) is 8.13. The van der Waals surface area contributed by atoms with Gasteiger partial charge in [0.05, 0.1) is 11.3 Å². The van der Waals surface area contributed by atoms with E-state index >= 15 is 0 Å². The molecule has 10 heteroatoms. The molecule has 0 saturated carbocycles. The van der Waals surface area contributed by atoms with Crippen LogP contribution in [0.15, 0.2) is 55.1 Å². The number of hydrogen-bond acceptors (Lipinski definition) is 4. The van der Waals surface area contributed by atoms with E-state index in [0.29, 0.717) is 11.3 Å². The van der Waals surface area contributed by atoms with Crippen molar-refractivity contribution in [2.75, 3.05) is 5.32 Å². The summed E-state index contributed by atoms with van der Waals surface area (Å²) in [5.41, 5.74) is 0.0483. The second kappa shape index (κ2) is 6.48. The number of fused-ring (bicyclic) bond motifs is 1. The van der Waals surface area contributed by atoms with Crippen molar-refractivity contribution in [1.29, 1.82) is 0 Å². The third-order valence-corrected chi connectivity index (χ3v) is 4.15. The van der Waals surface area contributed by atoms with E-state index in [2.05, 4.69) is 20.4 Å². The summed E-state index contributed by atoms with van der Waals surface area (Å²) in [5, 5.41) is 6.54. The van der Waals surface area contributed by atoms with Gasteiger partial charge in [0.15, 0.2) is 0 Å². The fourth-order valence-corrected chi connectivity index (χ4v) is 2.82. The molecule has 0 aliphatic heterocycles. The summed E-state index contributed by atoms with van der Waals surface area (Å²) < 4.78 is 42.7. The Hall–Kier alpha value is -3.69. The number of nitrogens with zero attached hydrogens (tertiary/aromatic N) is 5. The summed E-state index contributed by atoms with van der Waals surface area (Å²) in [6.07, 6.45) is -0.169. The van der Waals surface area contributed by atoms with E-state index < -0.39 is 17.6 Å². The number of hydrogen-bond donors (Lipinski definition) is 1. The van der Waals surface area contributed by atoms with Gasteiger partial charge in [0.1, 0.15) is 23.5 Å². The number of amides is 1. The Balaban J connectivity index is 1.68. The van der Waals surface area contributed by atoms with Crippen LogP contribution in [0.3, 0.4) is 0 Å². The highest BCUT2D eigenvalue weighted by Gasteiger charge is 2.33. The van der Waals surface area contributed by atoms with Gasteiger partial charge < -0.3 is 5.32 Å². The van der Waals surface area contributed by atoms with E-state index in [1.807, 2.05) is 0 Å². The van der Waals surface area contributed by atoms with Gasteiger partial charge in [-0.1, -0.05) is 18.2 Å². The van der Waals surface area contributed by atoms with Crippen molar-refractivity contribution in [3.63, 3.8) is 0 Å². The summed E-state index contributed by atoms with van der Waals surface area (Å²) >= 11 is 0. The molecule has 1 N–H and O–H groups in total. The lowest BCUT2D eigenvalue weighted by atomic mass is 10.1. The number of benzene rings is 1. The zero-order valence-corrected chi connectivity index (χ0v) is 14.5. The maximum atomic E-state index is 13.3. The fraction of sp³-hybridized carbons (Fsp3) is 0.111. The zero-order chi connectivity index (χ0) is 19.9. The largest absolute Gasteiger partial charge is 0.417 e. The number of anilines is 1. The van der Waals surface area contributed by atoms with Crippen molar-refractivity contribution in [2.24, 2.45) is 7.05 Å². The second-order valence-corrected chi connectivity index (χ2v) is 6.00. The van der Waals surface area contributed by atoms with Gasteiger partial charge in [0.2, 0.25) is 0 Å². The SMILES string of the molecule is Cn1nccc1C(=O)Nc1cc2nc(-c3ccccc3C(F)(F)F)cn2cn1. The number of aromatic nitrogens is 5. The van der Waals surface area contributed by atoms with E-state index in [1.54, 1.807) is 13.1 Å². The number of imidazole rings is 1. The normalized spacial score (nSPS) is 11.7. The Morgan fingerprint density at radius 3 is 2.68 bits per heavy atom. The van der Waals surface area contributed by atoms with Gasteiger partial charge in [-0.15, -0.1) is 0 Å². The summed E-state index contributed by atoms with van der Waals surface area (Å²) in [6, 6.07) is 8.26. The van der Waals surface area contributed by atoms with Gasteiger partial charge in [-0.3, -0.25) is 13.9 Å². The Kier molecular flexibility index (Phi) is 4.10. The average Bonchev–Trinajstić information content (AvgIpc) is 3.26. The van der Waals surface area contributed by atoms with Crippen LogP contribution in [-0.2, 0) is 13.2 Å². The van der Waals surface area contributed by atoms with Gasteiger partial charge in [-0.2, -0.15) is 18.3 Å². The van der Waals surface area contributed by atoms with Crippen LogP contribution in [0.4, 0.5) is 19.0 Å². The fourth-order valence-electron chi connectivity index (χ4n) is 2.82. The smallest absolute Gasteiger partial charge is 0.305 e. The number of nitrogens with one attached hydrogen (secondary N) is 1. The molecule has 0 bridgehead atoms. The highest BCUT2D eigenvalue weighted by Crippen LogP contribution is 2.36. The molecular weight excluding hydrogens is 373 g/mol. The van der Waals surface area contributed by atoms with Crippen LogP contribution in [0.25, 0.3) is 16.9 Å². The minimum Gasteiger partial charge on any atom is -0.305 e. The highest BCUT2D eigenvalue weighted by atomic mass is 19.4. The van der Waals surface area contributed by atoms with Gasteiger partial charge in [-0.25, -0.2) is 9.97 Å². The van der Waals surface area contributed by atoms with Crippen LogP contribution in [0.5, 0.6) is 0 Å². The molecule has 7 nitrogen and oxygen atoms in total. The lowest BCUT2D eigenvalue weighted by Crippen LogP contribution is -2.17. The molecule has 1 aromatic carbocycles. The van der Waals surface area contributed by atoms with E-state index in [0.717, 1.165) is 6.07 Å². The van der Waals surface area contributed by atoms with Crippen LogP contribution in [0, 0.1) is 0 Å². The molecule has 4 rings (SSSR count). The van der Waals surface area contributed by atoms with E-state index in [-0.39, 0.29) is 17.1 Å². The topological polar surface area (TPSA) is 77.1 Å². The Morgan fingerprint density at radius 2 is 1.96 bits per heavy atom. The predicted octanol–water partition coefficient (Wildman–Crippen LogP) is 3.40. The van der Waals surface area contributed by atoms with Crippen LogP contribution < -0.4 is 5.32 Å². The number of rotatable bonds is 3. The molecule has 3 aromatic heterocycles. The first-order valence-electron chi connectivity index (χ1n) is 8.13. The van der Waals surface area contributed by atoms with Crippen molar-refractivity contribution in [3.8, 4) is 11.3 Å². The summed E-state index contributed by atoms with van der Waals surface area (Å²) in [5.74, 6) is -0.189. The monoisotopic (exact) mass is 386 g/mol. The molecule has 1 amide bonds. The van der Waals surface area contributed by atoms with E-state index in [4.69, 9.17) is 0 Å². The third-order valence-electron chi connectivity index (χ3n) is 4.15. The molecule has 3 heterocycles. The first kappa shape index (κ1) is 17.7. The molecule has 0 spiro atoms. The molecule has 0 saturated heterocycles. The van der Waals surface area contributed by atoms with Crippen LogP contribution in [-0.4, -0.2) is 30.1 Å². The molecule has 0 radical (unpaired) electrons. The zero-order valence-electron chi connectivity index (χ0n) is 14.5. The molecule has 0 aliphatic rings. The third kappa shape index (κ3) is 3.20. The van der Waals surface area contributed by atoms with E-state index in [9.17, 15) is 18.0 Å². The lowest BCUT2D eigenvalue weighted by Gasteiger charge is -2.10.